The quantitative estimate of drug-likeness (QED) is 0.685. The summed E-state index contributed by atoms with van der Waals surface area (Å²) in [5.74, 6) is -0.344. The molecule has 0 aliphatic carbocycles. The molecule has 2 aromatic rings. The molecule has 20 heavy (non-hydrogen) atoms. The van der Waals surface area contributed by atoms with Crippen molar-refractivity contribution in [2.24, 2.45) is 5.73 Å². The minimum atomic E-state index is -0.466. The Hall–Kier alpha value is -1.92. The molecule has 6 heteroatoms. The van der Waals surface area contributed by atoms with E-state index in [0.717, 1.165) is 10.5 Å². The number of benzene rings is 2. The zero-order valence-corrected chi connectivity index (χ0v) is 11.6. The maximum Gasteiger partial charge on any atom is 0.269 e. The molecule has 0 saturated carbocycles. The zero-order chi connectivity index (χ0) is 14.7. The second-order valence-corrected chi connectivity index (χ2v) is 5.45. The Morgan fingerprint density at radius 2 is 1.90 bits per heavy atom. The third-order valence-corrected chi connectivity index (χ3v) is 3.82. The first-order valence-corrected chi connectivity index (χ1v) is 6.76. The lowest BCUT2D eigenvalue weighted by molar-refractivity contribution is -0.384. The molecule has 0 aliphatic rings. The monoisotopic (exact) mass is 292 g/mol. The van der Waals surface area contributed by atoms with Crippen LogP contribution in [0.15, 0.2) is 52.3 Å². The van der Waals surface area contributed by atoms with Crippen molar-refractivity contribution in [3.63, 3.8) is 0 Å². The maximum absolute atomic E-state index is 13.9. The van der Waals surface area contributed by atoms with Crippen molar-refractivity contribution < 1.29 is 9.31 Å². The molecule has 2 rings (SSSR count). The number of hydrogen-bond acceptors (Lipinski definition) is 4. The molecule has 2 aromatic carbocycles. The number of halogens is 1. The Bertz CT molecular complexity index is 630. The molecule has 0 unspecified atom stereocenters. The molecular weight excluding hydrogens is 279 g/mol. The van der Waals surface area contributed by atoms with E-state index >= 15 is 0 Å². The predicted molar refractivity (Wildman–Crippen MR) is 76.2 cm³/mol. The SMILES string of the molecule is C[C@@H](N)c1ccc(Sc2ccc([N+](=O)[O-])cc2)c(F)c1. The highest BCUT2D eigenvalue weighted by molar-refractivity contribution is 7.99. The number of nitro benzene ring substituents is 1. The lowest BCUT2D eigenvalue weighted by atomic mass is 10.1. The first-order chi connectivity index (χ1) is 9.47. The van der Waals surface area contributed by atoms with Gasteiger partial charge in [-0.1, -0.05) is 17.8 Å². The van der Waals surface area contributed by atoms with Gasteiger partial charge in [-0.05, 0) is 36.8 Å². The fraction of sp³-hybridized carbons (Fsp3) is 0.143. The molecule has 104 valence electrons. The average molecular weight is 292 g/mol. The van der Waals surface area contributed by atoms with E-state index < -0.39 is 4.92 Å². The highest BCUT2D eigenvalue weighted by Crippen LogP contribution is 2.31. The summed E-state index contributed by atoms with van der Waals surface area (Å²) in [6.45, 7) is 1.79. The molecule has 0 heterocycles. The number of nitrogens with two attached hydrogens (primary N) is 1. The van der Waals surface area contributed by atoms with Crippen LogP contribution < -0.4 is 5.73 Å². The molecule has 1 atom stereocenters. The Kier molecular flexibility index (Phi) is 4.36. The van der Waals surface area contributed by atoms with Crippen LogP contribution in [0.25, 0.3) is 0 Å². The third kappa shape index (κ3) is 3.34. The lowest BCUT2D eigenvalue weighted by Crippen LogP contribution is -2.05. The van der Waals surface area contributed by atoms with Crippen molar-refractivity contribution in [3.8, 4) is 0 Å². The standard InChI is InChI=1S/C14H13FN2O2S/c1-9(16)10-2-7-14(13(15)8-10)20-12-5-3-11(4-6-12)17(18)19/h2-9H,16H2,1H3/t9-/m1/s1. The van der Waals surface area contributed by atoms with Crippen LogP contribution in [-0.2, 0) is 0 Å². The number of hydrogen-bond donors (Lipinski definition) is 1. The van der Waals surface area contributed by atoms with E-state index in [9.17, 15) is 14.5 Å². The summed E-state index contributed by atoms with van der Waals surface area (Å²) in [6.07, 6.45) is 0. The second kappa shape index (κ2) is 6.02. The number of nitrogens with zero attached hydrogens (tertiary/aromatic N) is 1. The zero-order valence-electron chi connectivity index (χ0n) is 10.7. The molecule has 4 nitrogen and oxygen atoms in total. The largest absolute Gasteiger partial charge is 0.324 e. The van der Waals surface area contributed by atoms with Crippen LogP contribution in [0.5, 0.6) is 0 Å². The number of nitro groups is 1. The minimum Gasteiger partial charge on any atom is -0.324 e. The van der Waals surface area contributed by atoms with E-state index in [0.29, 0.717) is 4.90 Å². The summed E-state index contributed by atoms with van der Waals surface area (Å²) in [6, 6.07) is 10.6. The minimum absolute atomic E-state index is 0.0159. The van der Waals surface area contributed by atoms with Crippen LogP contribution in [0.3, 0.4) is 0 Å². The van der Waals surface area contributed by atoms with Crippen molar-refractivity contribution >= 4 is 17.4 Å². The van der Waals surface area contributed by atoms with Gasteiger partial charge in [0.05, 0.1) is 4.92 Å². The highest BCUT2D eigenvalue weighted by atomic mass is 32.2. The predicted octanol–water partition coefficient (Wildman–Crippen LogP) is 3.90. The molecule has 0 radical (unpaired) electrons. The summed E-state index contributed by atoms with van der Waals surface area (Å²) in [5, 5.41) is 10.6. The van der Waals surface area contributed by atoms with E-state index in [-0.39, 0.29) is 17.5 Å². The molecule has 0 bridgehead atoms. The fourth-order valence-corrected chi connectivity index (χ4v) is 2.46. The molecule has 0 aliphatic heterocycles. The smallest absolute Gasteiger partial charge is 0.269 e. The number of non-ortho nitro benzene ring substituents is 1. The van der Waals surface area contributed by atoms with Gasteiger partial charge in [0.25, 0.3) is 5.69 Å². The highest BCUT2D eigenvalue weighted by Gasteiger charge is 2.09. The van der Waals surface area contributed by atoms with E-state index in [2.05, 4.69) is 0 Å². The van der Waals surface area contributed by atoms with Crippen molar-refractivity contribution in [2.75, 3.05) is 0 Å². The first-order valence-electron chi connectivity index (χ1n) is 5.94. The fourth-order valence-electron chi connectivity index (χ4n) is 1.65. The molecule has 0 amide bonds. The van der Waals surface area contributed by atoms with Crippen molar-refractivity contribution in [1.82, 2.24) is 0 Å². The molecule has 0 spiro atoms. The normalized spacial score (nSPS) is 12.2. The number of rotatable bonds is 4. The van der Waals surface area contributed by atoms with Gasteiger partial charge in [-0.25, -0.2) is 4.39 Å². The third-order valence-electron chi connectivity index (χ3n) is 2.76. The van der Waals surface area contributed by atoms with Gasteiger partial charge in [-0.2, -0.15) is 0 Å². The molecule has 2 N–H and O–H groups in total. The molecule has 0 aromatic heterocycles. The molecule has 0 fully saturated rings. The Morgan fingerprint density at radius 3 is 2.40 bits per heavy atom. The van der Waals surface area contributed by atoms with Crippen molar-refractivity contribution in [2.45, 2.75) is 22.8 Å². The van der Waals surface area contributed by atoms with Gasteiger partial charge in [0.2, 0.25) is 0 Å². The van der Waals surface area contributed by atoms with E-state index in [1.807, 2.05) is 0 Å². The summed E-state index contributed by atoms with van der Waals surface area (Å²) in [5.41, 5.74) is 6.44. The van der Waals surface area contributed by atoms with Crippen LogP contribution in [0.2, 0.25) is 0 Å². The topological polar surface area (TPSA) is 69.2 Å². The average Bonchev–Trinajstić information content (AvgIpc) is 2.41. The first kappa shape index (κ1) is 14.5. The van der Waals surface area contributed by atoms with E-state index in [1.54, 1.807) is 31.2 Å². The van der Waals surface area contributed by atoms with Gasteiger partial charge in [-0.3, -0.25) is 10.1 Å². The Labute approximate surface area is 119 Å². The van der Waals surface area contributed by atoms with E-state index in [4.69, 9.17) is 5.73 Å². The van der Waals surface area contributed by atoms with Gasteiger partial charge in [0.1, 0.15) is 5.82 Å². The Morgan fingerprint density at radius 1 is 1.25 bits per heavy atom. The summed E-state index contributed by atoms with van der Waals surface area (Å²) in [7, 11) is 0. The van der Waals surface area contributed by atoms with Gasteiger partial charge in [0.15, 0.2) is 0 Å². The second-order valence-electron chi connectivity index (χ2n) is 4.33. The van der Waals surface area contributed by atoms with Crippen LogP contribution >= 0.6 is 11.8 Å². The van der Waals surface area contributed by atoms with Crippen LogP contribution in [-0.4, -0.2) is 4.92 Å². The van der Waals surface area contributed by atoms with Crippen molar-refractivity contribution in [1.29, 1.82) is 0 Å². The molecular formula is C14H13FN2O2S. The lowest BCUT2D eigenvalue weighted by Gasteiger charge is -2.08. The van der Waals surface area contributed by atoms with Gasteiger partial charge in [-0.15, -0.1) is 0 Å². The van der Waals surface area contributed by atoms with Crippen LogP contribution in [0, 0.1) is 15.9 Å². The van der Waals surface area contributed by atoms with Crippen molar-refractivity contribution in [3.05, 3.63) is 64.0 Å². The van der Waals surface area contributed by atoms with Crippen LogP contribution in [0.1, 0.15) is 18.5 Å². The summed E-state index contributed by atoms with van der Waals surface area (Å²) >= 11 is 1.22. The summed E-state index contributed by atoms with van der Waals surface area (Å²) in [4.78, 5) is 11.3. The maximum atomic E-state index is 13.9. The van der Waals surface area contributed by atoms with Gasteiger partial charge in [0, 0.05) is 28.0 Å². The van der Waals surface area contributed by atoms with Gasteiger partial charge >= 0.3 is 0 Å². The van der Waals surface area contributed by atoms with Gasteiger partial charge < -0.3 is 5.73 Å². The van der Waals surface area contributed by atoms with Crippen LogP contribution in [0.4, 0.5) is 10.1 Å². The summed E-state index contributed by atoms with van der Waals surface area (Å²) < 4.78 is 13.9. The van der Waals surface area contributed by atoms with E-state index in [1.165, 1.54) is 30.0 Å². The molecule has 0 saturated heterocycles. The Balaban J connectivity index is 2.19.